The topological polar surface area (TPSA) is 318 Å². The standard InChI is InChI=1S/C23H32N5O16P3.CH4/c1-23(2,3)19(13-6-4-5-7-14(13)28(31)32)40-10-12-9-27(20-18(12)21(30)26-22(24)25-20)17-8-15(29)16(42-17)11-41-46(36,37)44-47(38,39)43-45(33,34)35;/h4-7,9,15-17,19,29H,8,10-11H2,1-3H3,(H,36,37)(H,38,39)(H2,33,34,35)(H3,24,25,26,30);1H4/t15?,16-,17-,19?;/m1./s1. The maximum Gasteiger partial charge on any atom is 0.490 e. The van der Waals surface area contributed by atoms with Crippen molar-refractivity contribution >= 4 is 46.1 Å². The molecule has 268 valence electrons. The molecule has 2 aromatic heterocycles. The third-order valence-electron chi connectivity index (χ3n) is 6.72. The number of H-pyrrole nitrogens is 1. The Kier molecular flexibility index (Phi) is 12.0. The number of nitrogen functional groups attached to an aromatic ring is 1. The van der Waals surface area contributed by atoms with Crippen LogP contribution < -0.4 is 11.3 Å². The number of hydrogen-bond acceptors (Lipinski definition) is 14. The van der Waals surface area contributed by atoms with Crippen LogP contribution in [0.15, 0.2) is 35.3 Å². The van der Waals surface area contributed by atoms with Crippen molar-refractivity contribution in [2.75, 3.05) is 12.3 Å². The van der Waals surface area contributed by atoms with Crippen LogP contribution in [0.1, 0.15) is 58.1 Å². The summed E-state index contributed by atoms with van der Waals surface area (Å²) in [6.07, 6.45) is -3.40. The maximum absolute atomic E-state index is 13.0. The molecule has 3 heterocycles. The van der Waals surface area contributed by atoms with Crippen molar-refractivity contribution in [2.24, 2.45) is 5.41 Å². The van der Waals surface area contributed by atoms with Crippen LogP contribution in [0.4, 0.5) is 11.6 Å². The van der Waals surface area contributed by atoms with E-state index in [1.165, 1.54) is 22.9 Å². The minimum Gasteiger partial charge on any atom is -0.390 e. The van der Waals surface area contributed by atoms with Crippen molar-refractivity contribution in [3.8, 4) is 0 Å². The quantitative estimate of drug-likeness (QED) is 0.0751. The Bertz CT molecular complexity index is 1850. The highest BCUT2D eigenvalue weighted by atomic mass is 31.3. The fourth-order valence-corrected chi connectivity index (χ4v) is 7.97. The summed E-state index contributed by atoms with van der Waals surface area (Å²) in [7, 11) is -16.9. The highest BCUT2D eigenvalue weighted by Crippen LogP contribution is 2.66. The molecule has 1 saturated heterocycles. The van der Waals surface area contributed by atoms with Gasteiger partial charge in [-0.25, -0.2) is 13.7 Å². The van der Waals surface area contributed by atoms with Crippen molar-refractivity contribution in [2.45, 2.75) is 65.8 Å². The van der Waals surface area contributed by atoms with Crippen LogP contribution in [-0.2, 0) is 42.9 Å². The molecule has 8 N–H and O–H groups in total. The summed E-state index contributed by atoms with van der Waals surface area (Å²) in [5, 5.41) is 22.4. The van der Waals surface area contributed by atoms with Crippen molar-refractivity contribution in [1.29, 1.82) is 0 Å². The van der Waals surface area contributed by atoms with E-state index in [2.05, 4.69) is 23.1 Å². The minimum atomic E-state index is -5.76. The largest absolute Gasteiger partial charge is 0.490 e. The van der Waals surface area contributed by atoms with Crippen LogP contribution in [0.25, 0.3) is 11.0 Å². The van der Waals surface area contributed by atoms with Gasteiger partial charge in [-0.1, -0.05) is 40.3 Å². The first kappa shape index (κ1) is 39.6. The van der Waals surface area contributed by atoms with Crippen LogP contribution in [0.2, 0.25) is 0 Å². The fraction of sp³-hybridized carbons (Fsp3) is 0.500. The Morgan fingerprint density at radius 3 is 2.42 bits per heavy atom. The summed E-state index contributed by atoms with van der Waals surface area (Å²) >= 11 is 0. The molecule has 1 aromatic carbocycles. The number of phosphoric acid groups is 3. The molecule has 21 nitrogen and oxygen atoms in total. The third kappa shape index (κ3) is 9.64. The second kappa shape index (κ2) is 14.5. The van der Waals surface area contributed by atoms with Gasteiger partial charge in [0, 0.05) is 24.2 Å². The van der Waals surface area contributed by atoms with Crippen LogP contribution in [0.5, 0.6) is 0 Å². The Balaban J connectivity index is 0.00000625. The second-order valence-corrected chi connectivity index (χ2v) is 15.8. The molecule has 1 fully saturated rings. The first-order valence-corrected chi connectivity index (χ1v) is 17.9. The number of hydrogen-bond donors (Lipinski definition) is 7. The first-order chi connectivity index (χ1) is 21.6. The van der Waals surface area contributed by atoms with Crippen LogP contribution in [-0.4, -0.2) is 63.0 Å². The molecule has 1 aliphatic heterocycles. The lowest BCUT2D eigenvalue weighted by Crippen LogP contribution is -2.26. The summed E-state index contributed by atoms with van der Waals surface area (Å²) in [6.45, 7) is 4.31. The monoisotopic (exact) mass is 743 g/mol. The summed E-state index contributed by atoms with van der Waals surface area (Å²) < 4.78 is 59.8. The van der Waals surface area contributed by atoms with Crippen LogP contribution >= 0.6 is 23.5 Å². The van der Waals surface area contributed by atoms with Crippen molar-refractivity contribution in [1.82, 2.24) is 14.5 Å². The van der Waals surface area contributed by atoms with E-state index in [0.29, 0.717) is 5.56 Å². The highest BCUT2D eigenvalue weighted by Gasteiger charge is 2.43. The molecule has 0 amide bonds. The number of aromatic nitrogens is 3. The van der Waals surface area contributed by atoms with Crippen molar-refractivity contribution in [3.63, 3.8) is 0 Å². The van der Waals surface area contributed by atoms with Gasteiger partial charge in [-0.3, -0.25) is 24.4 Å². The van der Waals surface area contributed by atoms with Crippen molar-refractivity contribution < 1.29 is 65.9 Å². The number of ether oxygens (including phenoxy) is 2. The lowest BCUT2D eigenvalue weighted by atomic mass is 9.84. The molecule has 4 unspecified atom stereocenters. The second-order valence-electron chi connectivity index (χ2n) is 11.4. The van der Waals surface area contributed by atoms with Gasteiger partial charge in [0.2, 0.25) is 5.95 Å². The van der Waals surface area contributed by atoms with Gasteiger partial charge in [0.15, 0.2) is 5.65 Å². The molecular formula is C24H36N5O16P3. The molecule has 0 bridgehead atoms. The van der Waals surface area contributed by atoms with E-state index in [9.17, 15) is 43.5 Å². The van der Waals surface area contributed by atoms with E-state index in [-0.39, 0.29) is 48.7 Å². The van der Waals surface area contributed by atoms with E-state index in [1.54, 1.807) is 12.1 Å². The molecule has 4 rings (SSSR count). The normalized spacial score (nSPS) is 21.7. The lowest BCUT2D eigenvalue weighted by molar-refractivity contribution is -0.386. The molecule has 24 heteroatoms. The highest BCUT2D eigenvalue weighted by molar-refractivity contribution is 7.66. The van der Waals surface area contributed by atoms with Crippen LogP contribution in [0.3, 0.4) is 0 Å². The zero-order chi connectivity index (χ0) is 35.1. The Labute approximate surface area is 272 Å². The molecule has 0 aliphatic carbocycles. The van der Waals surface area contributed by atoms with Gasteiger partial charge in [-0.15, -0.1) is 0 Å². The average Bonchev–Trinajstić information content (AvgIpc) is 3.44. The first-order valence-electron chi connectivity index (χ1n) is 13.4. The van der Waals surface area contributed by atoms with Gasteiger partial charge in [-0.2, -0.15) is 13.6 Å². The average molecular weight is 743 g/mol. The number of nitro groups is 1. The number of nitro benzene ring substituents is 1. The predicted octanol–water partition coefficient (Wildman–Crippen LogP) is 3.15. The lowest BCUT2D eigenvalue weighted by Gasteiger charge is -2.30. The van der Waals surface area contributed by atoms with E-state index in [0.717, 1.165) is 0 Å². The summed E-state index contributed by atoms with van der Waals surface area (Å²) in [4.78, 5) is 67.2. The number of aromatic amines is 1. The molecule has 3 aromatic rings. The number of aliphatic hydroxyl groups is 1. The number of rotatable bonds is 13. The molecule has 0 saturated carbocycles. The zero-order valence-corrected chi connectivity index (χ0v) is 27.5. The number of benzene rings is 1. The van der Waals surface area contributed by atoms with E-state index in [1.807, 2.05) is 20.8 Å². The van der Waals surface area contributed by atoms with Crippen LogP contribution in [0, 0.1) is 15.5 Å². The molecule has 0 radical (unpaired) electrons. The van der Waals surface area contributed by atoms with Crippen molar-refractivity contribution in [3.05, 3.63) is 62.1 Å². The number of nitrogens with one attached hydrogen (secondary N) is 1. The maximum atomic E-state index is 13.0. The Morgan fingerprint density at radius 1 is 1.17 bits per heavy atom. The number of aliphatic hydroxyl groups excluding tert-OH is 1. The number of nitrogens with two attached hydrogens (primary N) is 1. The molecule has 0 spiro atoms. The molecular weight excluding hydrogens is 707 g/mol. The Hall–Kier alpha value is -2.87. The number of fused-ring (bicyclic) bond motifs is 1. The van der Waals surface area contributed by atoms with Gasteiger partial charge in [-0.05, 0) is 11.5 Å². The van der Waals surface area contributed by atoms with E-state index >= 15 is 0 Å². The van der Waals surface area contributed by atoms with Gasteiger partial charge >= 0.3 is 23.5 Å². The summed E-state index contributed by atoms with van der Waals surface area (Å²) in [6, 6.07) is 6.08. The summed E-state index contributed by atoms with van der Waals surface area (Å²) in [5.41, 5.74) is 4.93. The molecule has 1 aliphatic rings. The van der Waals surface area contributed by atoms with Gasteiger partial charge in [0.1, 0.15) is 12.3 Å². The fourth-order valence-electron chi connectivity index (χ4n) is 4.94. The van der Waals surface area contributed by atoms with E-state index in [4.69, 9.17) is 25.0 Å². The predicted molar refractivity (Wildman–Crippen MR) is 166 cm³/mol. The smallest absolute Gasteiger partial charge is 0.390 e. The van der Waals surface area contributed by atoms with Gasteiger partial charge < -0.3 is 44.5 Å². The minimum absolute atomic E-state index is 0. The molecule has 6 atom stereocenters. The molecule has 48 heavy (non-hydrogen) atoms. The number of phosphoric ester groups is 1. The SMILES string of the molecule is C.CC(C)(C)C(OCc1cn([C@H]2CC(O)[C@@H](COP(=O)(O)OP(=O)(O)OP(=O)(O)O)O2)c2nc(N)[nH]c(=O)c12)c1ccccc1[N+](=O)[O-]. The zero-order valence-electron chi connectivity index (χ0n) is 24.8. The number of nitrogens with zero attached hydrogens (tertiary/aromatic N) is 3. The van der Waals surface area contributed by atoms with Gasteiger partial charge in [0.25, 0.3) is 11.2 Å². The summed E-state index contributed by atoms with van der Waals surface area (Å²) in [5.74, 6) is -0.260. The third-order valence-corrected chi connectivity index (χ3v) is 10.5. The number of anilines is 1. The van der Waals surface area contributed by atoms with E-state index < -0.39 is 70.5 Å². The number of para-hydroxylation sites is 1. The Morgan fingerprint density at radius 2 is 1.81 bits per heavy atom. The van der Waals surface area contributed by atoms with Gasteiger partial charge in [0.05, 0.1) is 41.3 Å².